The minimum absolute atomic E-state index is 0.157. The molecule has 1 amide bonds. The van der Waals surface area contributed by atoms with E-state index in [0.717, 1.165) is 12.8 Å². The molecule has 2 rings (SSSR count). The molecule has 2 aromatic carbocycles. The maximum absolute atomic E-state index is 12.1. The molecule has 0 aliphatic carbocycles. The summed E-state index contributed by atoms with van der Waals surface area (Å²) in [4.78, 5) is 12.0. The van der Waals surface area contributed by atoms with Gasteiger partial charge in [0.2, 0.25) is 10.0 Å². The van der Waals surface area contributed by atoms with E-state index in [9.17, 15) is 13.2 Å². The van der Waals surface area contributed by atoms with Crippen LogP contribution in [0.1, 0.15) is 19.8 Å². The second-order valence-electron chi connectivity index (χ2n) is 5.57. The van der Waals surface area contributed by atoms with Crippen LogP contribution in [0.15, 0.2) is 53.4 Å². The van der Waals surface area contributed by atoms with Crippen LogP contribution in [0.2, 0.25) is 5.02 Å². The topological polar surface area (TPSA) is 84.5 Å². The number of halogens is 1. The predicted octanol–water partition coefficient (Wildman–Crippen LogP) is 3.44. The van der Waals surface area contributed by atoms with Crippen LogP contribution in [-0.2, 0) is 14.8 Å². The third kappa shape index (κ3) is 6.33. The van der Waals surface area contributed by atoms with Crippen LogP contribution in [0, 0.1) is 0 Å². The maximum atomic E-state index is 12.1. The quantitative estimate of drug-likeness (QED) is 0.636. The number of carbonyl (C=O) groups excluding carboxylic acids is 1. The average molecular weight is 397 g/mol. The summed E-state index contributed by atoms with van der Waals surface area (Å²) < 4.78 is 32.1. The highest BCUT2D eigenvalue weighted by Gasteiger charge is 2.13. The van der Waals surface area contributed by atoms with Gasteiger partial charge in [0.1, 0.15) is 5.75 Å². The minimum atomic E-state index is -3.52. The number of anilines is 1. The van der Waals surface area contributed by atoms with E-state index >= 15 is 0 Å². The molecule has 0 heterocycles. The highest BCUT2D eigenvalue weighted by molar-refractivity contribution is 7.89. The van der Waals surface area contributed by atoms with Gasteiger partial charge in [-0.15, -0.1) is 0 Å². The molecule has 2 N–H and O–H groups in total. The van der Waals surface area contributed by atoms with Crippen LogP contribution in [0.4, 0.5) is 5.69 Å². The third-order valence-corrected chi connectivity index (χ3v) is 5.15. The average Bonchev–Trinajstić information content (AvgIpc) is 2.60. The largest absolute Gasteiger partial charge is 0.484 e. The van der Waals surface area contributed by atoms with Gasteiger partial charge in [-0.2, -0.15) is 0 Å². The van der Waals surface area contributed by atoms with Crippen molar-refractivity contribution in [2.45, 2.75) is 24.7 Å². The molecular weight excluding hydrogens is 376 g/mol. The van der Waals surface area contributed by atoms with Crippen LogP contribution < -0.4 is 14.8 Å². The lowest BCUT2D eigenvalue weighted by Gasteiger charge is -2.09. The monoisotopic (exact) mass is 396 g/mol. The van der Waals surface area contributed by atoms with Gasteiger partial charge < -0.3 is 10.1 Å². The van der Waals surface area contributed by atoms with E-state index in [1.807, 2.05) is 6.92 Å². The second kappa shape index (κ2) is 9.56. The van der Waals surface area contributed by atoms with Crippen molar-refractivity contribution in [2.75, 3.05) is 18.5 Å². The summed E-state index contributed by atoms with van der Waals surface area (Å²) in [5, 5.41) is 3.18. The molecule has 0 aliphatic heterocycles. The standard InChI is InChI=1S/C18H21ClN2O4S/c1-2-3-11-20-26(23,24)17-9-7-16(8-10-17)25-13-18(22)21-15-6-4-5-14(19)12-15/h4-10,12,20H,2-3,11,13H2,1H3,(H,21,22). The van der Waals surface area contributed by atoms with E-state index in [1.165, 1.54) is 24.3 Å². The zero-order valence-electron chi connectivity index (χ0n) is 14.4. The normalized spacial score (nSPS) is 11.2. The van der Waals surface area contributed by atoms with Crippen LogP contribution >= 0.6 is 11.6 Å². The van der Waals surface area contributed by atoms with Crippen molar-refractivity contribution in [3.8, 4) is 5.75 Å². The Hall–Kier alpha value is -2.09. The number of ether oxygens (including phenoxy) is 1. The van der Waals surface area contributed by atoms with Gasteiger partial charge in [-0.05, 0) is 48.9 Å². The molecule has 0 spiro atoms. The third-order valence-electron chi connectivity index (χ3n) is 3.43. The first kappa shape index (κ1) is 20.2. The maximum Gasteiger partial charge on any atom is 0.262 e. The van der Waals surface area contributed by atoms with Gasteiger partial charge in [-0.25, -0.2) is 13.1 Å². The summed E-state index contributed by atoms with van der Waals surface area (Å²) >= 11 is 5.86. The molecule has 140 valence electrons. The van der Waals surface area contributed by atoms with Crippen molar-refractivity contribution in [3.63, 3.8) is 0 Å². The second-order valence-corrected chi connectivity index (χ2v) is 7.77. The number of amides is 1. The van der Waals surface area contributed by atoms with Crippen LogP contribution in [-0.4, -0.2) is 27.5 Å². The van der Waals surface area contributed by atoms with Gasteiger partial charge in [0, 0.05) is 17.3 Å². The number of benzene rings is 2. The lowest BCUT2D eigenvalue weighted by molar-refractivity contribution is -0.118. The fourth-order valence-corrected chi connectivity index (χ4v) is 3.36. The molecule has 0 unspecified atom stereocenters. The highest BCUT2D eigenvalue weighted by Crippen LogP contribution is 2.17. The minimum Gasteiger partial charge on any atom is -0.484 e. The lowest BCUT2D eigenvalue weighted by atomic mass is 10.3. The van der Waals surface area contributed by atoms with Gasteiger partial charge in [0.05, 0.1) is 4.90 Å². The number of hydrogen-bond donors (Lipinski definition) is 2. The molecule has 0 saturated carbocycles. The molecule has 0 radical (unpaired) electrons. The van der Waals surface area contributed by atoms with Crippen molar-refractivity contribution in [1.29, 1.82) is 0 Å². The fraction of sp³-hybridized carbons (Fsp3) is 0.278. The van der Waals surface area contributed by atoms with Crippen LogP contribution in [0.25, 0.3) is 0 Å². The first-order chi connectivity index (χ1) is 12.4. The van der Waals surface area contributed by atoms with Gasteiger partial charge in [-0.3, -0.25) is 4.79 Å². The van der Waals surface area contributed by atoms with Crippen molar-refractivity contribution in [1.82, 2.24) is 4.72 Å². The summed E-state index contributed by atoms with van der Waals surface area (Å²) in [6.45, 7) is 2.19. The number of sulfonamides is 1. The summed E-state index contributed by atoms with van der Waals surface area (Å²) in [6, 6.07) is 12.7. The first-order valence-corrected chi connectivity index (χ1v) is 10.0. The van der Waals surface area contributed by atoms with Gasteiger partial charge >= 0.3 is 0 Å². The molecule has 0 aromatic heterocycles. The number of rotatable bonds is 9. The number of nitrogens with one attached hydrogen (secondary N) is 2. The molecule has 6 nitrogen and oxygen atoms in total. The Morgan fingerprint density at radius 3 is 2.54 bits per heavy atom. The van der Waals surface area contributed by atoms with Crippen molar-refractivity contribution in [3.05, 3.63) is 53.6 Å². The van der Waals surface area contributed by atoms with E-state index in [0.29, 0.717) is 23.0 Å². The lowest BCUT2D eigenvalue weighted by Crippen LogP contribution is -2.24. The van der Waals surface area contributed by atoms with Crippen molar-refractivity contribution < 1.29 is 17.9 Å². The Bertz CT molecular complexity index is 839. The molecule has 0 saturated heterocycles. The van der Waals surface area contributed by atoms with Gasteiger partial charge in [-0.1, -0.05) is 31.0 Å². The molecule has 26 heavy (non-hydrogen) atoms. The van der Waals surface area contributed by atoms with Crippen molar-refractivity contribution >= 4 is 33.2 Å². The molecule has 0 bridgehead atoms. The Kier molecular flexibility index (Phi) is 7.44. The molecule has 8 heteroatoms. The zero-order chi connectivity index (χ0) is 19.0. The first-order valence-electron chi connectivity index (χ1n) is 8.18. The van der Waals surface area contributed by atoms with Crippen LogP contribution in [0.5, 0.6) is 5.75 Å². The van der Waals surface area contributed by atoms with E-state index in [4.69, 9.17) is 16.3 Å². The summed E-state index contributed by atoms with van der Waals surface area (Å²) in [6.07, 6.45) is 1.69. The Morgan fingerprint density at radius 2 is 1.88 bits per heavy atom. The predicted molar refractivity (Wildman–Crippen MR) is 102 cm³/mol. The van der Waals surface area contributed by atoms with Gasteiger partial charge in [0.15, 0.2) is 6.61 Å². The molecule has 0 aliphatic rings. The van der Waals surface area contributed by atoms with Crippen molar-refractivity contribution in [2.24, 2.45) is 0 Å². The Balaban J connectivity index is 1.88. The number of hydrogen-bond acceptors (Lipinski definition) is 4. The summed E-state index contributed by atoms with van der Waals surface area (Å²) in [7, 11) is -3.52. The smallest absolute Gasteiger partial charge is 0.262 e. The van der Waals surface area contributed by atoms with E-state index in [1.54, 1.807) is 24.3 Å². The van der Waals surface area contributed by atoms with E-state index in [2.05, 4.69) is 10.0 Å². The fourth-order valence-electron chi connectivity index (χ4n) is 2.09. The molecule has 2 aromatic rings. The zero-order valence-corrected chi connectivity index (χ0v) is 15.9. The summed E-state index contributed by atoms with van der Waals surface area (Å²) in [5.41, 5.74) is 0.575. The highest BCUT2D eigenvalue weighted by atomic mass is 35.5. The Labute approximate surface area is 158 Å². The number of unbranched alkanes of at least 4 members (excludes halogenated alkanes) is 1. The SMILES string of the molecule is CCCCNS(=O)(=O)c1ccc(OCC(=O)Nc2cccc(Cl)c2)cc1. The molecular formula is C18H21ClN2O4S. The molecule has 0 atom stereocenters. The van der Waals surface area contributed by atoms with Gasteiger partial charge in [0.25, 0.3) is 5.91 Å². The van der Waals surface area contributed by atoms with E-state index < -0.39 is 10.0 Å². The van der Waals surface area contributed by atoms with E-state index in [-0.39, 0.29) is 17.4 Å². The number of carbonyl (C=O) groups is 1. The van der Waals surface area contributed by atoms with Crippen LogP contribution in [0.3, 0.4) is 0 Å². The summed E-state index contributed by atoms with van der Waals surface area (Å²) in [5.74, 6) is 0.0592. The Morgan fingerprint density at radius 1 is 1.15 bits per heavy atom. The molecule has 0 fully saturated rings.